The fourth-order valence-corrected chi connectivity index (χ4v) is 0.795. The van der Waals surface area contributed by atoms with E-state index in [0.717, 1.165) is 0 Å². The summed E-state index contributed by atoms with van der Waals surface area (Å²) in [7, 11) is 0. The van der Waals surface area contributed by atoms with Crippen LogP contribution in [0.1, 0.15) is 5.56 Å². The van der Waals surface area contributed by atoms with Crippen LogP contribution in [0.25, 0.3) is 0 Å². The maximum atomic E-state index is 12.9. The SMILES string of the molecule is NNc1nc(F)c(F)c(CO)c1F. The minimum absolute atomic E-state index is 0.650. The molecule has 0 fully saturated rings. The average molecular weight is 193 g/mol. The molecule has 0 bridgehead atoms. The molecule has 0 unspecified atom stereocenters. The van der Waals surface area contributed by atoms with Crippen molar-refractivity contribution in [1.29, 1.82) is 0 Å². The van der Waals surface area contributed by atoms with E-state index in [2.05, 4.69) is 4.98 Å². The van der Waals surface area contributed by atoms with E-state index in [-0.39, 0.29) is 0 Å². The Kier molecular flexibility index (Phi) is 2.69. The number of nitrogen functional groups attached to an aromatic ring is 1. The smallest absolute Gasteiger partial charge is 0.251 e. The van der Waals surface area contributed by atoms with Crippen molar-refractivity contribution in [2.75, 3.05) is 5.43 Å². The molecule has 0 amide bonds. The summed E-state index contributed by atoms with van der Waals surface area (Å²) in [5.41, 5.74) is 0.929. The molecule has 0 aliphatic rings. The Labute approximate surface area is 71.2 Å². The van der Waals surface area contributed by atoms with Crippen LogP contribution in [0.2, 0.25) is 0 Å². The van der Waals surface area contributed by atoms with E-state index in [4.69, 9.17) is 10.9 Å². The number of nitrogens with one attached hydrogen (secondary N) is 1. The molecule has 1 aromatic rings. The van der Waals surface area contributed by atoms with Crippen LogP contribution in [0, 0.1) is 17.6 Å². The zero-order valence-electron chi connectivity index (χ0n) is 6.31. The summed E-state index contributed by atoms with van der Waals surface area (Å²) in [5.74, 6) is -0.115. The second-order valence-electron chi connectivity index (χ2n) is 2.16. The maximum Gasteiger partial charge on any atom is 0.251 e. The number of aliphatic hydroxyl groups is 1. The summed E-state index contributed by atoms with van der Waals surface area (Å²) < 4.78 is 38.1. The first kappa shape index (κ1) is 9.75. The second-order valence-corrected chi connectivity index (χ2v) is 2.16. The number of pyridine rings is 1. The molecule has 1 aromatic heterocycles. The molecule has 1 heterocycles. The minimum atomic E-state index is -1.52. The topological polar surface area (TPSA) is 71.2 Å². The summed E-state index contributed by atoms with van der Waals surface area (Å²) in [5, 5.41) is 8.50. The predicted molar refractivity (Wildman–Crippen MR) is 37.8 cm³/mol. The van der Waals surface area contributed by atoms with E-state index in [1.165, 1.54) is 0 Å². The number of rotatable bonds is 2. The lowest BCUT2D eigenvalue weighted by atomic mass is 10.2. The number of hydrogen-bond acceptors (Lipinski definition) is 4. The van der Waals surface area contributed by atoms with Gasteiger partial charge < -0.3 is 10.5 Å². The molecule has 0 atom stereocenters. The average Bonchev–Trinajstić information content (AvgIpc) is 2.12. The van der Waals surface area contributed by atoms with Gasteiger partial charge in [-0.3, -0.25) is 0 Å². The first-order valence-corrected chi connectivity index (χ1v) is 3.22. The van der Waals surface area contributed by atoms with Crippen LogP contribution in [-0.2, 0) is 6.61 Å². The molecular weight excluding hydrogens is 187 g/mol. The van der Waals surface area contributed by atoms with Crippen molar-refractivity contribution in [3.63, 3.8) is 0 Å². The molecule has 72 valence electrons. The van der Waals surface area contributed by atoms with Crippen LogP contribution in [0.5, 0.6) is 0 Å². The van der Waals surface area contributed by atoms with Crippen LogP contribution < -0.4 is 11.3 Å². The van der Waals surface area contributed by atoms with Gasteiger partial charge in [0.1, 0.15) is 0 Å². The molecule has 0 saturated heterocycles. The van der Waals surface area contributed by atoms with E-state index in [0.29, 0.717) is 0 Å². The maximum absolute atomic E-state index is 12.9. The highest BCUT2D eigenvalue weighted by molar-refractivity contribution is 5.39. The Morgan fingerprint density at radius 1 is 1.31 bits per heavy atom. The molecule has 0 aromatic carbocycles. The Balaban J connectivity index is 3.39. The van der Waals surface area contributed by atoms with Crippen molar-refractivity contribution in [2.24, 2.45) is 5.84 Å². The van der Waals surface area contributed by atoms with Crippen LogP contribution in [0.4, 0.5) is 19.0 Å². The van der Waals surface area contributed by atoms with E-state index in [9.17, 15) is 13.2 Å². The Morgan fingerprint density at radius 2 is 1.92 bits per heavy atom. The van der Waals surface area contributed by atoms with Gasteiger partial charge in [0.25, 0.3) is 5.95 Å². The highest BCUT2D eigenvalue weighted by atomic mass is 19.2. The normalized spacial score (nSPS) is 10.2. The molecule has 0 saturated carbocycles. The van der Waals surface area contributed by atoms with Crippen LogP contribution in [0.3, 0.4) is 0 Å². The third-order valence-corrected chi connectivity index (χ3v) is 1.42. The third kappa shape index (κ3) is 1.56. The molecule has 13 heavy (non-hydrogen) atoms. The zero-order valence-corrected chi connectivity index (χ0v) is 6.31. The number of halogens is 3. The van der Waals surface area contributed by atoms with Gasteiger partial charge in [-0.1, -0.05) is 0 Å². The van der Waals surface area contributed by atoms with E-state index >= 15 is 0 Å². The van der Waals surface area contributed by atoms with Crippen molar-refractivity contribution >= 4 is 5.82 Å². The summed E-state index contributed by atoms with van der Waals surface area (Å²) in [6.45, 7) is -0.966. The largest absolute Gasteiger partial charge is 0.391 e. The molecule has 1 rings (SSSR count). The number of nitrogens with zero attached hydrogens (tertiary/aromatic N) is 1. The molecule has 0 aliphatic heterocycles. The fourth-order valence-electron chi connectivity index (χ4n) is 0.795. The summed E-state index contributed by atoms with van der Waals surface area (Å²) >= 11 is 0. The molecule has 0 radical (unpaired) electrons. The first-order valence-electron chi connectivity index (χ1n) is 3.22. The van der Waals surface area contributed by atoms with Crippen molar-refractivity contribution < 1.29 is 18.3 Å². The molecule has 0 aliphatic carbocycles. The number of hydrogen-bond donors (Lipinski definition) is 3. The summed E-state index contributed by atoms with van der Waals surface area (Å²) in [6, 6.07) is 0. The molecular formula is C6H6F3N3O. The van der Waals surface area contributed by atoms with Gasteiger partial charge >= 0.3 is 0 Å². The number of aliphatic hydroxyl groups excluding tert-OH is 1. The summed E-state index contributed by atoms with van der Waals surface area (Å²) in [6.07, 6.45) is 0. The van der Waals surface area contributed by atoms with Crippen LogP contribution in [-0.4, -0.2) is 10.1 Å². The second kappa shape index (κ2) is 3.58. The van der Waals surface area contributed by atoms with Crippen molar-refractivity contribution in [3.8, 4) is 0 Å². The fraction of sp³-hybridized carbons (Fsp3) is 0.167. The molecule has 4 nitrogen and oxygen atoms in total. The predicted octanol–water partition coefficient (Wildman–Crippen LogP) is 0.277. The van der Waals surface area contributed by atoms with E-state index < -0.39 is 35.6 Å². The molecule has 4 N–H and O–H groups in total. The van der Waals surface area contributed by atoms with Crippen molar-refractivity contribution in [1.82, 2.24) is 4.98 Å². The monoisotopic (exact) mass is 193 g/mol. The van der Waals surface area contributed by atoms with Gasteiger partial charge in [-0.25, -0.2) is 14.6 Å². The van der Waals surface area contributed by atoms with Gasteiger partial charge in [-0.2, -0.15) is 9.37 Å². The molecule has 0 spiro atoms. The minimum Gasteiger partial charge on any atom is -0.391 e. The Bertz CT molecular complexity index is 331. The van der Waals surface area contributed by atoms with Gasteiger partial charge in [0.15, 0.2) is 17.5 Å². The number of hydrazine groups is 1. The lowest BCUT2D eigenvalue weighted by Crippen LogP contribution is -2.14. The summed E-state index contributed by atoms with van der Waals surface area (Å²) in [4.78, 5) is 2.84. The molecule has 7 heteroatoms. The number of anilines is 1. The number of aromatic nitrogens is 1. The van der Waals surface area contributed by atoms with Gasteiger partial charge in [-0.15, -0.1) is 0 Å². The van der Waals surface area contributed by atoms with Crippen molar-refractivity contribution in [2.45, 2.75) is 6.61 Å². The van der Waals surface area contributed by atoms with Crippen molar-refractivity contribution in [3.05, 3.63) is 23.1 Å². The van der Waals surface area contributed by atoms with Gasteiger partial charge in [0.2, 0.25) is 0 Å². The highest BCUT2D eigenvalue weighted by Gasteiger charge is 2.18. The zero-order chi connectivity index (χ0) is 10.0. The quantitative estimate of drug-likeness (QED) is 0.358. The van der Waals surface area contributed by atoms with Gasteiger partial charge in [0.05, 0.1) is 12.2 Å². The highest BCUT2D eigenvalue weighted by Crippen LogP contribution is 2.19. The first-order chi connectivity index (χ1) is 6.11. The van der Waals surface area contributed by atoms with E-state index in [1.807, 2.05) is 0 Å². The third-order valence-electron chi connectivity index (χ3n) is 1.42. The lowest BCUT2D eigenvalue weighted by Gasteiger charge is -2.06. The van der Waals surface area contributed by atoms with Crippen LogP contribution >= 0.6 is 0 Å². The van der Waals surface area contributed by atoms with Crippen LogP contribution in [0.15, 0.2) is 0 Å². The van der Waals surface area contributed by atoms with Gasteiger partial charge in [-0.05, 0) is 0 Å². The van der Waals surface area contributed by atoms with E-state index in [1.54, 1.807) is 5.43 Å². The Morgan fingerprint density at radius 3 is 2.38 bits per heavy atom. The standard InChI is InChI=1S/C6H6F3N3O/c7-3-2(1-13)4(8)6(12-10)11-5(3)9/h13H,1,10H2,(H,11,12). The number of nitrogens with two attached hydrogens (primary N) is 1. The Hall–Kier alpha value is -1.34. The lowest BCUT2D eigenvalue weighted by molar-refractivity contribution is 0.265. The van der Waals surface area contributed by atoms with Gasteiger partial charge in [0, 0.05) is 0 Å².